The molecule has 0 aliphatic carbocycles. The molecule has 0 spiro atoms. The van der Waals surface area contributed by atoms with Gasteiger partial charge in [0, 0.05) is 4.88 Å². The Morgan fingerprint density at radius 3 is 3.17 bits per heavy atom. The van der Waals surface area contributed by atoms with Crippen molar-refractivity contribution in [3.63, 3.8) is 0 Å². The first kappa shape index (κ1) is 13.6. The van der Waals surface area contributed by atoms with Crippen molar-refractivity contribution in [1.29, 1.82) is 0 Å². The van der Waals surface area contributed by atoms with Crippen LogP contribution in [0.4, 0.5) is 0 Å². The minimum absolute atomic E-state index is 0.00823. The summed E-state index contributed by atoms with van der Waals surface area (Å²) < 4.78 is 0. The van der Waals surface area contributed by atoms with Gasteiger partial charge in [0.05, 0.1) is 12.1 Å². The van der Waals surface area contributed by atoms with Crippen LogP contribution in [-0.4, -0.2) is 18.5 Å². The zero-order valence-corrected chi connectivity index (χ0v) is 11.9. The van der Waals surface area contributed by atoms with E-state index in [9.17, 15) is 4.79 Å². The zero-order valence-electron chi connectivity index (χ0n) is 11.1. The summed E-state index contributed by atoms with van der Waals surface area (Å²) in [5.74, 6) is 0.841. The Labute approximate surface area is 113 Å². The highest BCUT2D eigenvalue weighted by atomic mass is 32.1. The molecule has 0 saturated carbocycles. The molecule has 100 valence electrons. The van der Waals surface area contributed by atoms with Crippen LogP contribution < -0.4 is 10.6 Å². The number of nitrogens with one attached hydrogen (secondary N) is 2. The summed E-state index contributed by atoms with van der Waals surface area (Å²) in [5, 5.41) is 8.48. The second kappa shape index (κ2) is 6.34. The second-order valence-corrected chi connectivity index (χ2v) is 6.03. The Bertz CT molecular complexity index is 377. The van der Waals surface area contributed by atoms with Crippen molar-refractivity contribution in [2.75, 3.05) is 6.54 Å². The maximum absolute atomic E-state index is 12.2. The fourth-order valence-corrected chi connectivity index (χ4v) is 3.22. The van der Waals surface area contributed by atoms with Gasteiger partial charge in [-0.25, -0.2) is 0 Å². The third kappa shape index (κ3) is 3.33. The maximum atomic E-state index is 12.2. The number of carbonyl (C=O) groups excluding carboxylic acids is 1. The molecule has 18 heavy (non-hydrogen) atoms. The molecule has 1 aromatic rings. The lowest BCUT2D eigenvalue weighted by Crippen LogP contribution is -2.49. The largest absolute Gasteiger partial charge is 0.347 e. The molecule has 0 radical (unpaired) electrons. The Morgan fingerprint density at radius 2 is 2.50 bits per heavy atom. The molecule has 1 saturated heterocycles. The van der Waals surface area contributed by atoms with Gasteiger partial charge in [-0.15, -0.1) is 11.3 Å². The summed E-state index contributed by atoms with van der Waals surface area (Å²) in [4.78, 5) is 13.4. The van der Waals surface area contributed by atoms with Crippen LogP contribution >= 0.6 is 11.3 Å². The Balaban J connectivity index is 1.87. The first-order chi connectivity index (χ1) is 8.70. The lowest BCUT2D eigenvalue weighted by Gasteiger charge is -2.29. The van der Waals surface area contributed by atoms with Gasteiger partial charge >= 0.3 is 0 Å². The molecule has 3 atom stereocenters. The molecule has 1 amide bonds. The SMILES string of the molecule is CCC1CCNC(C(=O)N[C@H](C)c2cccs2)C1. The molecule has 1 aliphatic rings. The van der Waals surface area contributed by atoms with Crippen molar-refractivity contribution in [3.8, 4) is 0 Å². The van der Waals surface area contributed by atoms with Crippen LogP contribution in [-0.2, 0) is 4.79 Å². The van der Waals surface area contributed by atoms with Crippen LogP contribution in [0.2, 0.25) is 0 Å². The van der Waals surface area contributed by atoms with E-state index in [0.29, 0.717) is 5.92 Å². The zero-order chi connectivity index (χ0) is 13.0. The van der Waals surface area contributed by atoms with Gasteiger partial charge < -0.3 is 10.6 Å². The molecule has 1 aliphatic heterocycles. The van der Waals surface area contributed by atoms with Crippen LogP contribution in [0.3, 0.4) is 0 Å². The van der Waals surface area contributed by atoms with Crippen LogP contribution in [0.1, 0.15) is 44.0 Å². The van der Waals surface area contributed by atoms with Crippen molar-refractivity contribution in [2.45, 2.75) is 45.2 Å². The van der Waals surface area contributed by atoms with Gasteiger partial charge in [0.1, 0.15) is 0 Å². The van der Waals surface area contributed by atoms with E-state index in [4.69, 9.17) is 0 Å². The van der Waals surface area contributed by atoms with Gasteiger partial charge in [0.15, 0.2) is 0 Å². The smallest absolute Gasteiger partial charge is 0.237 e. The highest BCUT2D eigenvalue weighted by molar-refractivity contribution is 7.10. The van der Waals surface area contributed by atoms with E-state index in [-0.39, 0.29) is 18.0 Å². The number of rotatable bonds is 4. The van der Waals surface area contributed by atoms with E-state index in [1.54, 1.807) is 11.3 Å². The van der Waals surface area contributed by atoms with Crippen molar-refractivity contribution in [2.24, 2.45) is 5.92 Å². The van der Waals surface area contributed by atoms with Crippen molar-refractivity contribution in [1.82, 2.24) is 10.6 Å². The first-order valence-electron chi connectivity index (χ1n) is 6.77. The third-order valence-corrected chi connectivity index (χ3v) is 4.79. The number of hydrogen-bond acceptors (Lipinski definition) is 3. The van der Waals surface area contributed by atoms with E-state index in [2.05, 4.69) is 23.6 Å². The van der Waals surface area contributed by atoms with E-state index in [1.807, 2.05) is 18.4 Å². The van der Waals surface area contributed by atoms with Crippen molar-refractivity contribution in [3.05, 3.63) is 22.4 Å². The molecule has 1 aromatic heterocycles. The first-order valence-corrected chi connectivity index (χ1v) is 7.65. The van der Waals surface area contributed by atoms with Gasteiger partial charge in [0.25, 0.3) is 0 Å². The number of hydrogen-bond donors (Lipinski definition) is 2. The number of thiophene rings is 1. The fraction of sp³-hybridized carbons (Fsp3) is 0.643. The third-order valence-electron chi connectivity index (χ3n) is 3.73. The van der Waals surface area contributed by atoms with E-state index < -0.39 is 0 Å². The highest BCUT2D eigenvalue weighted by Gasteiger charge is 2.26. The van der Waals surface area contributed by atoms with Crippen LogP contribution in [0, 0.1) is 5.92 Å². The predicted molar refractivity (Wildman–Crippen MR) is 75.7 cm³/mol. The Morgan fingerprint density at radius 1 is 1.67 bits per heavy atom. The molecule has 2 unspecified atom stereocenters. The van der Waals surface area contributed by atoms with Gasteiger partial charge in [-0.3, -0.25) is 4.79 Å². The summed E-state index contributed by atoms with van der Waals surface area (Å²) in [6.45, 7) is 5.22. The fourth-order valence-electron chi connectivity index (χ4n) is 2.49. The van der Waals surface area contributed by atoms with E-state index in [0.717, 1.165) is 13.0 Å². The summed E-state index contributed by atoms with van der Waals surface area (Å²) in [5.41, 5.74) is 0. The monoisotopic (exact) mass is 266 g/mol. The number of amides is 1. The normalized spacial score (nSPS) is 25.7. The molecule has 0 bridgehead atoms. The Hall–Kier alpha value is -0.870. The van der Waals surface area contributed by atoms with Crippen LogP contribution in [0.5, 0.6) is 0 Å². The lowest BCUT2D eigenvalue weighted by molar-refractivity contribution is -0.124. The standard InChI is InChI=1S/C14H22N2OS/c1-3-11-6-7-15-12(9-11)14(17)16-10(2)13-5-4-8-18-13/h4-5,8,10-12,15H,3,6-7,9H2,1-2H3,(H,16,17)/t10-,11?,12?/m1/s1. The summed E-state index contributed by atoms with van der Waals surface area (Å²) >= 11 is 1.69. The summed E-state index contributed by atoms with van der Waals surface area (Å²) in [7, 11) is 0. The quantitative estimate of drug-likeness (QED) is 0.880. The molecule has 0 aromatic carbocycles. The maximum Gasteiger partial charge on any atom is 0.237 e. The molecule has 2 N–H and O–H groups in total. The predicted octanol–water partition coefficient (Wildman–Crippen LogP) is 2.70. The molecule has 4 heteroatoms. The topological polar surface area (TPSA) is 41.1 Å². The average Bonchev–Trinajstić information content (AvgIpc) is 2.92. The van der Waals surface area contributed by atoms with E-state index in [1.165, 1.54) is 17.7 Å². The lowest BCUT2D eigenvalue weighted by atomic mass is 9.90. The molecule has 1 fully saturated rings. The van der Waals surface area contributed by atoms with Crippen molar-refractivity contribution >= 4 is 17.2 Å². The minimum atomic E-state index is -0.00823. The Kier molecular flexibility index (Phi) is 4.78. The van der Waals surface area contributed by atoms with Crippen LogP contribution in [0.15, 0.2) is 17.5 Å². The molecule has 2 rings (SSSR count). The molecular formula is C14H22N2OS. The van der Waals surface area contributed by atoms with Crippen LogP contribution in [0.25, 0.3) is 0 Å². The summed E-state index contributed by atoms with van der Waals surface area (Å²) in [6.07, 6.45) is 3.34. The molecule has 3 nitrogen and oxygen atoms in total. The highest BCUT2D eigenvalue weighted by Crippen LogP contribution is 2.21. The average molecular weight is 266 g/mol. The molecule has 2 heterocycles. The van der Waals surface area contributed by atoms with Gasteiger partial charge in [-0.1, -0.05) is 19.4 Å². The number of piperidine rings is 1. The van der Waals surface area contributed by atoms with E-state index >= 15 is 0 Å². The number of carbonyl (C=O) groups is 1. The minimum Gasteiger partial charge on any atom is -0.347 e. The van der Waals surface area contributed by atoms with Gasteiger partial charge in [-0.2, -0.15) is 0 Å². The van der Waals surface area contributed by atoms with Gasteiger partial charge in [-0.05, 0) is 43.7 Å². The van der Waals surface area contributed by atoms with Gasteiger partial charge in [0.2, 0.25) is 5.91 Å². The summed E-state index contributed by atoms with van der Waals surface area (Å²) in [6, 6.07) is 4.19. The van der Waals surface area contributed by atoms with Crippen molar-refractivity contribution < 1.29 is 4.79 Å². The molecular weight excluding hydrogens is 244 g/mol. The second-order valence-electron chi connectivity index (χ2n) is 5.05.